The van der Waals surface area contributed by atoms with Crippen LogP contribution in [0.1, 0.15) is 18.1 Å². The Hall–Kier alpha value is -1.78. The third-order valence-electron chi connectivity index (χ3n) is 2.99. The SMILES string of the molecule is Cc1ccc(S[C@H](C)C(=O)N/N=C\c2ccccc2Cl)cc1. The number of benzene rings is 2. The molecule has 114 valence electrons. The lowest BCUT2D eigenvalue weighted by Crippen LogP contribution is -2.26. The second-order valence-electron chi connectivity index (χ2n) is 4.83. The van der Waals surface area contributed by atoms with E-state index in [4.69, 9.17) is 11.6 Å². The molecule has 2 aromatic carbocycles. The first-order valence-electron chi connectivity index (χ1n) is 6.87. The molecule has 5 heteroatoms. The number of rotatable bonds is 5. The molecule has 22 heavy (non-hydrogen) atoms. The molecule has 0 fully saturated rings. The van der Waals surface area contributed by atoms with E-state index in [1.54, 1.807) is 12.3 Å². The van der Waals surface area contributed by atoms with E-state index >= 15 is 0 Å². The number of halogens is 1. The second kappa shape index (κ2) is 8.01. The fraction of sp³-hybridized carbons (Fsp3) is 0.176. The van der Waals surface area contributed by atoms with Gasteiger partial charge in [-0.05, 0) is 32.0 Å². The smallest absolute Gasteiger partial charge is 0.253 e. The second-order valence-corrected chi connectivity index (χ2v) is 6.65. The molecule has 0 spiro atoms. The molecule has 0 unspecified atom stereocenters. The van der Waals surface area contributed by atoms with Crippen molar-refractivity contribution in [2.24, 2.45) is 5.10 Å². The maximum absolute atomic E-state index is 12.0. The molecule has 2 rings (SSSR count). The molecule has 0 aliphatic heterocycles. The average Bonchev–Trinajstić information content (AvgIpc) is 2.51. The van der Waals surface area contributed by atoms with Gasteiger partial charge in [0.1, 0.15) is 0 Å². The number of nitrogens with one attached hydrogen (secondary N) is 1. The number of aryl methyl sites for hydroxylation is 1. The summed E-state index contributed by atoms with van der Waals surface area (Å²) in [7, 11) is 0. The first kappa shape index (κ1) is 16.6. The van der Waals surface area contributed by atoms with Crippen molar-refractivity contribution < 1.29 is 4.79 Å². The third-order valence-corrected chi connectivity index (χ3v) is 4.44. The number of carbonyl (C=O) groups is 1. The summed E-state index contributed by atoms with van der Waals surface area (Å²) >= 11 is 7.51. The third kappa shape index (κ3) is 4.90. The molecule has 0 saturated carbocycles. The molecule has 0 radical (unpaired) electrons. The molecule has 0 aromatic heterocycles. The Bertz CT molecular complexity index is 671. The van der Waals surface area contributed by atoms with E-state index in [0.717, 1.165) is 10.5 Å². The number of carbonyl (C=O) groups excluding carboxylic acids is 1. The number of nitrogens with zero attached hydrogens (tertiary/aromatic N) is 1. The van der Waals surface area contributed by atoms with Crippen molar-refractivity contribution >= 4 is 35.5 Å². The maximum Gasteiger partial charge on any atom is 0.253 e. The first-order valence-corrected chi connectivity index (χ1v) is 8.13. The molecular weight excluding hydrogens is 316 g/mol. The largest absolute Gasteiger partial charge is 0.272 e. The lowest BCUT2D eigenvalue weighted by Gasteiger charge is -2.09. The van der Waals surface area contributed by atoms with Gasteiger partial charge in [0.05, 0.1) is 11.5 Å². The summed E-state index contributed by atoms with van der Waals surface area (Å²) in [6.07, 6.45) is 1.55. The zero-order valence-corrected chi connectivity index (χ0v) is 14.0. The summed E-state index contributed by atoms with van der Waals surface area (Å²) in [4.78, 5) is 13.1. The predicted octanol–water partition coefficient (Wildman–Crippen LogP) is 4.28. The van der Waals surface area contributed by atoms with Gasteiger partial charge in [-0.15, -0.1) is 11.8 Å². The Balaban J connectivity index is 1.89. The molecule has 0 bridgehead atoms. The van der Waals surface area contributed by atoms with Gasteiger partial charge in [0.25, 0.3) is 5.91 Å². The van der Waals surface area contributed by atoms with Crippen molar-refractivity contribution in [1.29, 1.82) is 0 Å². The van der Waals surface area contributed by atoms with Crippen LogP contribution in [-0.2, 0) is 4.79 Å². The van der Waals surface area contributed by atoms with Crippen LogP contribution >= 0.6 is 23.4 Å². The monoisotopic (exact) mass is 332 g/mol. The molecule has 0 aliphatic carbocycles. The molecule has 1 N–H and O–H groups in total. The van der Waals surface area contributed by atoms with Crippen LogP contribution in [0.15, 0.2) is 58.5 Å². The van der Waals surface area contributed by atoms with Crippen LogP contribution in [0.2, 0.25) is 5.02 Å². The number of hydrazone groups is 1. The standard InChI is InChI=1S/C17H17ClN2OS/c1-12-7-9-15(10-8-12)22-13(2)17(21)20-19-11-14-5-3-4-6-16(14)18/h3-11,13H,1-2H3,(H,20,21)/b19-11-/t13-/m1/s1. The van der Waals surface area contributed by atoms with Gasteiger partial charge in [-0.1, -0.05) is 47.5 Å². The summed E-state index contributed by atoms with van der Waals surface area (Å²) in [5.74, 6) is -0.145. The summed E-state index contributed by atoms with van der Waals surface area (Å²) < 4.78 is 0. The average molecular weight is 333 g/mol. The fourth-order valence-corrected chi connectivity index (χ4v) is 2.76. The highest BCUT2D eigenvalue weighted by Crippen LogP contribution is 2.23. The van der Waals surface area contributed by atoms with Gasteiger partial charge < -0.3 is 0 Å². The zero-order chi connectivity index (χ0) is 15.9. The first-order chi connectivity index (χ1) is 10.6. The van der Waals surface area contributed by atoms with Crippen molar-refractivity contribution in [3.8, 4) is 0 Å². The molecule has 2 aromatic rings. The van der Waals surface area contributed by atoms with Crippen LogP contribution in [0.3, 0.4) is 0 Å². The number of thioether (sulfide) groups is 1. The van der Waals surface area contributed by atoms with Crippen molar-refractivity contribution in [1.82, 2.24) is 5.43 Å². The molecule has 1 amide bonds. The predicted molar refractivity (Wildman–Crippen MR) is 93.7 cm³/mol. The van der Waals surface area contributed by atoms with Crippen molar-refractivity contribution in [3.05, 3.63) is 64.7 Å². The topological polar surface area (TPSA) is 41.5 Å². The van der Waals surface area contributed by atoms with Gasteiger partial charge in [-0.25, -0.2) is 5.43 Å². The van der Waals surface area contributed by atoms with Gasteiger partial charge in [0.15, 0.2) is 0 Å². The minimum Gasteiger partial charge on any atom is -0.272 e. The van der Waals surface area contributed by atoms with E-state index in [2.05, 4.69) is 10.5 Å². The highest BCUT2D eigenvalue weighted by Gasteiger charge is 2.13. The van der Waals surface area contributed by atoms with Crippen LogP contribution in [0.25, 0.3) is 0 Å². The summed E-state index contributed by atoms with van der Waals surface area (Å²) in [5.41, 5.74) is 4.51. The van der Waals surface area contributed by atoms with Gasteiger partial charge in [-0.3, -0.25) is 4.79 Å². The Morgan fingerprint density at radius 2 is 1.91 bits per heavy atom. The quantitative estimate of drug-likeness (QED) is 0.504. The van der Waals surface area contributed by atoms with Gasteiger partial charge in [-0.2, -0.15) is 5.10 Å². The molecule has 0 heterocycles. The van der Waals surface area contributed by atoms with E-state index in [-0.39, 0.29) is 11.2 Å². The highest BCUT2D eigenvalue weighted by atomic mass is 35.5. The molecule has 0 aliphatic rings. The van der Waals surface area contributed by atoms with E-state index < -0.39 is 0 Å². The van der Waals surface area contributed by atoms with Crippen molar-refractivity contribution in [2.75, 3.05) is 0 Å². The summed E-state index contributed by atoms with van der Waals surface area (Å²) in [6, 6.07) is 15.4. The summed E-state index contributed by atoms with van der Waals surface area (Å²) in [5, 5.41) is 4.33. The number of hydrogen-bond donors (Lipinski definition) is 1. The van der Waals surface area contributed by atoms with Crippen LogP contribution in [-0.4, -0.2) is 17.4 Å². The highest BCUT2D eigenvalue weighted by molar-refractivity contribution is 8.00. The minimum absolute atomic E-state index is 0.145. The lowest BCUT2D eigenvalue weighted by molar-refractivity contribution is -0.120. The normalized spacial score (nSPS) is 12.3. The van der Waals surface area contributed by atoms with E-state index in [0.29, 0.717) is 5.02 Å². The molecule has 3 nitrogen and oxygen atoms in total. The Labute approximate surface area is 139 Å². The Morgan fingerprint density at radius 3 is 2.59 bits per heavy atom. The number of amides is 1. The lowest BCUT2D eigenvalue weighted by atomic mass is 10.2. The van der Waals surface area contributed by atoms with Gasteiger partial charge >= 0.3 is 0 Å². The molecule has 0 saturated heterocycles. The Morgan fingerprint density at radius 1 is 1.23 bits per heavy atom. The zero-order valence-electron chi connectivity index (χ0n) is 12.4. The minimum atomic E-state index is -0.230. The van der Waals surface area contributed by atoms with E-state index in [1.165, 1.54) is 17.3 Å². The van der Waals surface area contributed by atoms with E-state index in [1.807, 2.05) is 56.3 Å². The van der Waals surface area contributed by atoms with Crippen molar-refractivity contribution in [3.63, 3.8) is 0 Å². The van der Waals surface area contributed by atoms with Gasteiger partial charge in [0.2, 0.25) is 0 Å². The van der Waals surface area contributed by atoms with Gasteiger partial charge in [0, 0.05) is 15.5 Å². The fourth-order valence-electron chi connectivity index (χ4n) is 1.71. The van der Waals surface area contributed by atoms with Crippen molar-refractivity contribution in [2.45, 2.75) is 24.0 Å². The number of hydrogen-bond acceptors (Lipinski definition) is 3. The van der Waals surface area contributed by atoms with Crippen LogP contribution in [0, 0.1) is 6.92 Å². The Kier molecular flexibility index (Phi) is 6.04. The van der Waals surface area contributed by atoms with Crippen LogP contribution in [0.4, 0.5) is 0 Å². The van der Waals surface area contributed by atoms with E-state index in [9.17, 15) is 4.79 Å². The molecule has 1 atom stereocenters. The maximum atomic E-state index is 12.0. The summed E-state index contributed by atoms with van der Waals surface area (Å²) in [6.45, 7) is 3.89. The molecular formula is C17H17ClN2OS. The van der Waals surface area contributed by atoms with Crippen LogP contribution < -0.4 is 5.43 Å². The van der Waals surface area contributed by atoms with Crippen LogP contribution in [0.5, 0.6) is 0 Å².